The van der Waals surface area contributed by atoms with E-state index in [2.05, 4.69) is 0 Å². The first kappa shape index (κ1) is 14.6. The van der Waals surface area contributed by atoms with Gasteiger partial charge in [-0.25, -0.2) is 0 Å². The molecule has 2 rings (SSSR count). The smallest absolute Gasteiger partial charge is 0.0847 e. The van der Waals surface area contributed by atoms with Crippen LogP contribution in [0, 0.1) is 0 Å². The van der Waals surface area contributed by atoms with E-state index < -0.39 is 17.0 Å². The Balaban J connectivity index is 2.23. The minimum absolute atomic E-state index is 0.402. The van der Waals surface area contributed by atoms with E-state index in [1.54, 1.807) is 36.5 Å². The predicted molar refractivity (Wildman–Crippen MR) is 80.2 cm³/mol. The Kier molecular flexibility index (Phi) is 4.31. The van der Waals surface area contributed by atoms with Crippen molar-refractivity contribution in [2.24, 2.45) is 0 Å². The van der Waals surface area contributed by atoms with E-state index in [1.165, 1.54) is 0 Å². The lowest BCUT2D eigenvalue weighted by Gasteiger charge is -2.22. The number of hydrogen-bond donors (Lipinski definition) is 0. The molecule has 0 saturated carbocycles. The number of hydrogen-bond acceptors (Lipinski definition) is 1. The normalized spacial score (nSPS) is 36.1. The highest BCUT2D eigenvalue weighted by Crippen LogP contribution is 2.61. The van der Waals surface area contributed by atoms with Gasteiger partial charge < -0.3 is 0 Å². The van der Waals surface area contributed by atoms with Gasteiger partial charge in [-0.1, -0.05) is 63.1 Å². The molecule has 0 aliphatic heterocycles. The van der Waals surface area contributed by atoms with Crippen LogP contribution in [0.15, 0.2) is 46.5 Å². The topological polar surface area (TPSA) is 17.1 Å². The molecule has 96 valence electrons. The van der Waals surface area contributed by atoms with E-state index in [9.17, 15) is 4.57 Å². The third-order valence-corrected chi connectivity index (χ3v) is 6.89. The molecule has 0 heterocycles. The van der Waals surface area contributed by atoms with Gasteiger partial charge in [0.1, 0.15) is 0 Å². The molecule has 0 aromatic heterocycles. The van der Waals surface area contributed by atoms with Crippen molar-refractivity contribution in [3.63, 3.8) is 0 Å². The summed E-state index contributed by atoms with van der Waals surface area (Å²) in [6.07, 6.45) is 10.9. The maximum atomic E-state index is 12.6. The molecule has 2 aliphatic rings. The Bertz CT molecular complexity index is 464. The second-order valence-electron chi connectivity index (χ2n) is 4.18. The van der Waals surface area contributed by atoms with Crippen LogP contribution in [0.1, 0.15) is 12.8 Å². The molecule has 0 radical (unpaired) electrons. The molecule has 2 aliphatic carbocycles. The molecule has 6 heteroatoms. The van der Waals surface area contributed by atoms with Crippen LogP contribution in [0.2, 0.25) is 0 Å². The van der Waals surface area contributed by atoms with Crippen LogP contribution in [0.25, 0.3) is 0 Å². The minimum atomic E-state index is -1.92. The summed E-state index contributed by atoms with van der Waals surface area (Å²) in [6.45, 7) is 0. The Morgan fingerprint density at radius 3 is 1.61 bits per heavy atom. The van der Waals surface area contributed by atoms with Gasteiger partial charge in [0, 0.05) is 22.9 Å². The largest absolute Gasteiger partial charge is 0.392 e. The van der Waals surface area contributed by atoms with Gasteiger partial charge in [-0.2, -0.15) is 0 Å². The summed E-state index contributed by atoms with van der Waals surface area (Å²) in [5.41, 5.74) is 0. The maximum absolute atomic E-state index is 12.6. The van der Waals surface area contributed by atoms with Crippen LogP contribution in [0.4, 0.5) is 0 Å². The molecule has 0 spiro atoms. The van der Waals surface area contributed by atoms with Gasteiger partial charge >= 0.3 is 7.80 Å². The van der Waals surface area contributed by atoms with Crippen LogP contribution in [0.3, 0.4) is 0 Å². The van der Waals surface area contributed by atoms with Crippen molar-refractivity contribution in [2.75, 3.05) is 0 Å². The van der Waals surface area contributed by atoms with Crippen LogP contribution in [-0.2, 0) is 4.57 Å². The summed E-state index contributed by atoms with van der Waals surface area (Å²) in [7, 11) is -1.92. The summed E-state index contributed by atoms with van der Waals surface area (Å²) in [5, 5.41) is 1.20. The van der Waals surface area contributed by atoms with Gasteiger partial charge in [0.05, 0.1) is 0 Å². The van der Waals surface area contributed by atoms with E-state index in [0.717, 1.165) is 0 Å². The Labute approximate surface area is 127 Å². The van der Waals surface area contributed by atoms with Crippen LogP contribution in [-0.4, -0.2) is 9.23 Å². The number of rotatable bonds is 2. The second-order valence-corrected chi connectivity index (χ2v) is 9.12. The number of halogens is 4. The van der Waals surface area contributed by atoms with Crippen LogP contribution >= 0.6 is 54.2 Å². The van der Waals surface area contributed by atoms with E-state index in [4.69, 9.17) is 46.4 Å². The van der Waals surface area contributed by atoms with E-state index >= 15 is 0 Å². The van der Waals surface area contributed by atoms with Crippen LogP contribution < -0.4 is 0 Å². The molecule has 2 unspecified atom stereocenters. The third kappa shape index (κ3) is 2.86. The average Bonchev–Trinajstić information content (AvgIpc) is 2.36. The molecular formula is C12H10Cl4OP+. The highest BCUT2D eigenvalue weighted by molar-refractivity contribution is 7.53. The fraction of sp³-hybridized carbons (Fsp3) is 0.333. The zero-order valence-electron chi connectivity index (χ0n) is 9.25. The molecule has 0 N–H and O–H groups in total. The summed E-state index contributed by atoms with van der Waals surface area (Å²) < 4.78 is 10.7. The van der Waals surface area contributed by atoms with Gasteiger partial charge in [-0.15, -0.1) is 0 Å². The summed E-state index contributed by atoms with van der Waals surface area (Å²) in [5.74, 6) is 0. The quantitative estimate of drug-likeness (QED) is 0.454. The lowest BCUT2D eigenvalue weighted by Crippen LogP contribution is -2.25. The van der Waals surface area contributed by atoms with Crippen molar-refractivity contribution < 1.29 is 4.57 Å². The summed E-state index contributed by atoms with van der Waals surface area (Å²) >= 11 is 24.5. The Morgan fingerprint density at radius 2 is 1.33 bits per heavy atom. The fourth-order valence-corrected chi connectivity index (χ4v) is 4.93. The average molecular weight is 343 g/mol. The van der Waals surface area contributed by atoms with Gasteiger partial charge in [0.25, 0.3) is 9.23 Å². The Morgan fingerprint density at radius 1 is 0.944 bits per heavy atom. The van der Waals surface area contributed by atoms with Crippen molar-refractivity contribution >= 4 is 54.2 Å². The second kappa shape index (κ2) is 5.31. The minimum Gasteiger partial charge on any atom is -0.0847 e. The third-order valence-electron chi connectivity index (χ3n) is 2.84. The van der Waals surface area contributed by atoms with E-state index in [-0.39, 0.29) is 0 Å². The van der Waals surface area contributed by atoms with E-state index in [1.807, 2.05) is 0 Å². The van der Waals surface area contributed by atoms with Crippen LogP contribution in [0.5, 0.6) is 0 Å². The van der Waals surface area contributed by atoms with Crippen molar-refractivity contribution in [2.45, 2.75) is 22.1 Å². The first-order chi connectivity index (χ1) is 8.36. The maximum Gasteiger partial charge on any atom is 0.392 e. The highest BCUT2D eigenvalue weighted by Gasteiger charge is 2.58. The van der Waals surface area contributed by atoms with Crippen molar-refractivity contribution in [3.8, 4) is 0 Å². The summed E-state index contributed by atoms with van der Waals surface area (Å²) in [4.78, 5) is 0. The zero-order valence-corrected chi connectivity index (χ0v) is 13.2. The molecule has 0 fully saturated rings. The van der Waals surface area contributed by atoms with Gasteiger partial charge in [0.15, 0.2) is 0 Å². The number of alkyl halides is 2. The molecule has 0 bridgehead atoms. The lowest BCUT2D eigenvalue weighted by atomic mass is 10.2. The molecule has 0 aromatic rings. The first-order valence-electron chi connectivity index (χ1n) is 5.31. The molecule has 18 heavy (non-hydrogen) atoms. The van der Waals surface area contributed by atoms with Crippen molar-refractivity contribution in [1.82, 2.24) is 0 Å². The molecule has 0 amide bonds. The molecule has 0 aromatic carbocycles. The van der Waals surface area contributed by atoms with Gasteiger partial charge in [0.2, 0.25) is 0 Å². The number of allylic oxidation sites excluding steroid dienone is 8. The standard InChI is InChI=1S/C12H10Cl4OP/c13-9-1-5-11(15,6-2-9)18(17)12(16)7-3-10(14)4-8-12/h1-5,7H,6,8H2/q+1. The van der Waals surface area contributed by atoms with Gasteiger partial charge in [-0.05, 0) is 24.3 Å². The molecule has 2 atom stereocenters. The molecule has 0 saturated heterocycles. The lowest BCUT2D eigenvalue weighted by molar-refractivity contribution is 0.569. The first-order valence-corrected chi connectivity index (χ1v) is 8.08. The SMILES string of the molecule is O=[P+](C1(Cl)C=CC(Cl)=CC1)C1(Cl)C=CC(Cl)=CC1. The predicted octanol–water partition coefficient (Wildman–Crippen LogP) is 5.85. The monoisotopic (exact) mass is 341 g/mol. The van der Waals surface area contributed by atoms with Crippen molar-refractivity contribution in [1.29, 1.82) is 0 Å². The summed E-state index contributed by atoms with van der Waals surface area (Å²) in [6, 6.07) is 0. The van der Waals surface area contributed by atoms with E-state index in [0.29, 0.717) is 22.9 Å². The molecular weight excluding hydrogens is 333 g/mol. The van der Waals surface area contributed by atoms with Gasteiger partial charge in [-0.3, -0.25) is 0 Å². The Hall–Kier alpha value is 0.220. The highest BCUT2D eigenvalue weighted by atomic mass is 35.5. The fourth-order valence-electron chi connectivity index (χ4n) is 1.78. The molecule has 1 nitrogen and oxygen atoms in total. The van der Waals surface area contributed by atoms with Crippen molar-refractivity contribution in [3.05, 3.63) is 46.5 Å². The zero-order chi connectivity index (χ0) is 13.4.